The highest BCUT2D eigenvalue weighted by atomic mass is 35.5. The van der Waals surface area contributed by atoms with Crippen molar-refractivity contribution >= 4 is 39.9 Å². The molecule has 0 saturated heterocycles. The molecule has 0 bridgehead atoms. The van der Waals surface area contributed by atoms with Gasteiger partial charge in [-0.1, -0.05) is 11.6 Å². The number of thiophene rings is 1. The van der Waals surface area contributed by atoms with E-state index in [9.17, 15) is 4.79 Å². The molecule has 1 aliphatic rings. The summed E-state index contributed by atoms with van der Waals surface area (Å²) in [5.74, 6) is 0.0370. The number of rotatable bonds is 3. The minimum atomic E-state index is 0.0370. The number of H-pyrrole nitrogens is 1. The van der Waals surface area contributed by atoms with Crippen molar-refractivity contribution in [2.45, 2.75) is 31.7 Å². The SMILES string of the molecule is O=C(Cc1c[nH]c2ncccc12)NC1CCCc2sc(Cl)cc21. The van der Waals surface area contributed by atoms with Crippen molar-refractivity contribution in [3.8, 4) is 0 Å². The normalized spacial score (nSPS) is 17.2. The number of amides is 1. The zero-order valence-electron chi connectivity index (χ0n) is 12.4. The number of hydrogen-bond acceptors (Lipinski definition) is 3. The van der Waals surface area contributed by atoms with Crippen LogP contribution in [-0.4, -0.2) is 15.9 Å². The summed E-state index contributed by atoms with van der Waals surface area (Å²) in [7, 11) is 0. The van der Waals surface area contributed by atoms with Gasteiger partial charge >= 0.3 is 0 Å². The molecule has 4 rings (SSSR count). The van der Waals surface area contributed by atoms with Gasteiger partial charge < -0.3 is 10.3 Å². The number of carbonyl (C=O) groups excluding carboxylic acids is 1. The molecule has 2 N–H and O–H groups in total. The predicted octanol–water partition coefficient (Wildman–Crippen LogP) is 4.01. The van der Waals surface area contributed by atoms with Gasteiger partial charge in [-0.2, -0.15) is 0 Å². The van der Waals surface area contributed by atoms with Crippen LogP contribution in [0.1, 0.15) is 34.9 Å². The fourth-order valence-corrected chi connectivity index (χ4v) is 4.63. The first-order chi connectivity index (χ1) is 11.2. The smallest absolute Gasteiger partial charge is 0.224 e. The first-order valence-electron chi connectivity index (χ1n) is 7.69. The van der Waals surface area contributed by atoms with Crippen molar-refractivity contribution in [2.24, 2.45) is 0 Å². The Morgan fingerprint density at radius 1 is 1.52 bits per heavy atom. The van der Waals surface area contributed by atoms with Crippen LogP contribution in [0.15, 0.2) is 30.6 Å². The summed E-state index contributed by atoms with van der Waals surface area (Å²) in [5, 5.41) is 4.17. The molecule has 0 spiro atoms. The number of aromatic amines is 1. The van der Waals surface area contributed by atoms with E-state index in [0.717, 1.165) is 40.2 Å². The first-order valence-corrected chi connectivity index (χ1v) is 8.88. The topological polar surface area (TPSA) is 57.8 Å². The molecular weight excluding hydrogens is 330 g/mol. The lowest BCUT2D eigenvalue weighted by atomic mass is 9.94. The number of halogens is 1. The van der Waals surface area contributed by atoms with Gasteiger partial charge in [-0.05, 0) is 48.6 Å². The van der Waals surface area contributed by atoms with Crippen LogP contribution in [0.4, 0.5) is 0 Å². The molecule has 6 heteroatoms. The van der Waals surface area contributed by atoms with E-state index in [1.165, 1.54) is 10.4 Å². The monoisotopic (exact) mass is 345 g/mol. The van der Waals surface area contributed by atoms with Gasteiger partial charge in [-0.25, -0.2) is 4.98 Å². The van der Waals surface area contributed by atoms with E-state index >= 15 is 0 Å². The van der Waals surface area contributed by atoms with Crippen LogP contribution in [0.25, 0.3) is 11.0 Å². The fourth-order valence-electron chi connectivity index (χ4n) is 3.25. The molecule has 118 valence electrons. The van der Waals surface area contributed by atoms with E-state index in [1.807, 2.05) is 24.4 Å². The molecule has 0 radical (unpaired) electrons. The highest BCUT2D eigenvalue weighted by Crippen LogP contribution is 2.37. The standard InChI is InChI=1S/C17H16ClN3OS/c18-15-8-12-13(4-1-5-14(12)23-15)21-16(22)7-10-9-20-17-11(10)3-2-6-19-17/h2-3,6,8-9,13H,1,4-5,7H2,(H,19,20)(H,21,22). The van der Waals surface area contributed by atoms with Gasteiger partial charge in [-0.3, -0.25) is 4.79 Å². The van der Waals surface area contributed by atoms with E-state index in [-0.39, 0.29) is 11.9 Å². The average Bonchev–Trinajstić information content (AvgIpc) is 3.11. The quantitative estimate of drug-likeness (QED) is 0.753. The minimum absolute atomic E-state index is 0.0370. The maximum Gasteiger partial charge on any atom is 0.224 e. The van der Waals surface area contributed by atoms with Crippen LogP contribution in [0.2, 0.25) is 4.34 Å². The molecule has 3 aromatic heterocycles. The maximum atomic E-state index is 12.5. The molecule has 1 atom stereocenters. The third-order valence-electron chi connectivity index (χ3n) is 4.31. The number of hydrogen-bond donors (Lipinski definition) is 2. The Morgan fingerprint density at radius 3 is 3.35 bits per heavy atom. The summed E-state index contributed by atoms with van der Waals surface area (Å²) in [6.45, 7) is 0. The van der Waals surface area contributed by atoms with E-state index in [1.54, 1.807) is 17.5 Å². The number of nitrogens with one attached hydrogen (secondary N) is 2. The van der Waals surface area contributed by atoms with Crippen molar-refractivity contribution in [3.63, 3.8) is 0 Å². The van der Waals surface area contributed by atoms with Crippen LogP contribution >= 0.6 is 22.9 Å². The second-order valence-corrected chi connectivity index (χ2v) is 7.60. The number of nitrogens with zero attached hydrogens (tertiary/aromatic N) is 1. The Hall–Kier alpha value is -1.85. The average molecular weight is 346 g/mol. The summed E-state index contributed by atoms with van der Waals surface area (Å²) in [6, 6.07) is 5.96. The van der Waals surface area contributed by atoms with Crippen molar-refractivity contribution < 1.29 is 4.79 Å². The van der Waals surface area contributed by atoms with Gasteiger partial charge in [0.15, 0.2) is 0 Å². The molecule has 0 saturated carbocycles. The zero-order valence-corrected chi connectivity index (χ0v) is 14.0. The maximum absolute atomic E-state index is 12.5. The lowest BCUT2D eigenvalue weighted by Gasteiger charge is -2.23. The molecule has 3 aromatic rings. The van der Waals surface area contributed by atoms with Crippen LogP contribution in [0, 0.1) is 0 Å². The number of pyridine rings is 1. The molecule has 1 aliphatic carbocycles. The Balaban J connectivity index is 1.50. The van der Waals surface area contributed by atoms with Crippen LogP contribution in [-0.2, 0) is 17.6 Å². The van der Waals surface area contributed by atoms with E-state index < -0.39 is 0 Å². The molecule has 0 aromatic carbocycles. The minimum Gasteiger partial charge on any atom is -0.349 e. The van der Waals surface area contributed by atoms with Gasteiger partial charge in [0.2, 0.25) is 5.91 Å². The van der Waals surface area contributed by atoms with Gasteiger partial charge in [0.25, 0.3) is 0 Å². The largest absolute Gasteiger partial charge is 0.349 e. The second-order valence-electron chi connectivity index (χ2n) is 5.83. The lowest BCUT2D eigenvalue weighted by molar-refractivity contribution is -0.121. The molecule has 1 unspecified atom stereocenters. The van der Waals surface area contributed by atoms with Gasteiger partial charge in [0.05, 0.1) is 16.8 Å². The Labute approximate surface area is 142 Å². The summed E-state index contributed by atoms with van der Waals surface area (Å²) >= 11 is 7.76. The number of carbonyl (C=O) groups is 1. The third kappa shape index (κ3) is 2.86. The number of fused-ring (bicyclic) bond motifs is 2. The van der Waals surface area contributed by atoms with Crippen LogP contribution in [0.3, 0.4) is 0 Å². The van der Waals surface area contributed by atoms with Crippen molar-refractivity contribution in [1.82, 2.24) is 15.3 Å². The molecular formula is C17H16ClN3OS. The lowest BCUT2D eigenvalue weighted by Crippen LogP contribution is -2.31. The third-order valence-corrected chi connectivity index (χ3v) is 5.65. The molecule has 1 amide bonds. The predicted molar refractivity (Wildman–Crippen MR) is 92.9 cm³/mol. The second kappa shape index (κ2) is 5.98. The molecule has 0 aliphatic heterocycles. The van der Waals surface area contributed by atoms with E-state index in [4.69, 9.17) is 11.6 Å². The molecule has 3 heterocycles. The van der Waals surface area contributed by atoms with E-state index in [0.29, 0.717) is 6.42 Å². The summed E-state index contributed by atoms with van der Waals surface area (Å²) in [5.41, 5.74) is 2.99. The summed E-state index contributed by atoms with van der Waals surface area (Å²) in [6.07, 6.45) is 7.09. The van der Waals surface area contributed by atoms with Crippen molar-refractivity contribution in [3.05, 3.63) is 50.9 Å². The fraction of sp³-hybridized carbons (Fsp3) is 0.294. The number of aromatic nitrogens is 2. The highest BCUT2D eigenvalue weighted by molar-refractivity contribution is 7.16. The Morgan fingerprint density at radius 2 is 2.43 bits per heavy atom. The zero-order chi connectivity index (χ0) is 15.8. The molecule has 0 fully saturated rings. The van der Waals surface area contributed by atoms with Gasteiger partial charge in [-0.15, -0.1) is 11.3 Å². The Bertz CT molecular complexity index is 870. The molecule has 23 heavy (non-hydrogen) atoms. The first kappa shape index (κ1) is 14.7. The van der Waals surface area contributed by atoms with Crippen molar-refractivity contribution in [1.29, 1.82) is 0 Å². The summed E-state index contributed by atoms with van der Waals surface area (Å²) in [4.78, 5) is 21.1. The van der Waals surface area contributed by atoms with Crippen LogP contribution in [0.5, 0.6) is 0 Å². The highest BCUT2D eigenvalue weighted by Gasteiger charge is 2.24. The van der Waals surface area contributed by atoms with Gasteiger partial charge in [0, 0.05) is 22.7 Å². The summed E-state index contributed by atoms with van der Waals surface area (Å²) < 4.78 is 0.804. The Kier molecular flexibility index (Phi) is 3.83. The van der Waals surface area contributed by atoms with E-state index in [2.05, 4.69) is 15.3 Å². The van der Waals surface area contributed by atoms with Crippen molar-refractivity contribution in [2.75, 3.05) is 0 Å². The number of aryl methyl sites for hydroxylation is 1. The van der Waals surface area contributed by atoms with Crippen LogP contribution < -0.4 is 5.32 Å². The molecule has 4 nitrogen and oxygen atoms in total. The van der Waals surface area contributed by atoms with Gasteiger partial charge in [0.1, 0.15) is 5.65 Å².